The van der Waals surface area contributed by atoms with Crippen LogP contribution >= 0.6 is 0 Å². The first-order valence-corrected chi connectivity index (χ1v) is 6.81. The van der Waals surface area contributed by atoms with Crippen molar-refractivity contribution in [2.24, 2.45) is 10.7 Å². The van der Waals surface area contributed by atoms with Gasteiger partial charge in [-0.05, 0) is 36.8 Å². The van der Waals surface area contributed by atoms with Crippen LogP contribution in [-0.2, 0) is 6.54 Å². The third-order valence-corrected chi connectivity index (χ3v) is 2.99. The van der Waals surface area contributed by atoms with E-state index in [4.69, 9.17) is 5.73 Å². The second kappa shape index (κ2) is 7.53. The average molecular weight is 323 g/mol. The SMILES string of the molecule is Cc1cccc(NC(N)=NCc2c(F)cccc2OC(F)F)c1. The molecule has 0 amide bonds. The molecule has 0 saturated heterocycles. The number of benzene rings is 2. The van der Waals surface area contributed by atoms with E-state index in [0.29, 0.717) is 0 Å². The maximum absolute atomic E-state index is 13.8. The van der Waals surface area contributed by atoms with Gasteiger partial charge in [-0.1, -0.05) is 18.2 Å². The zero-order valence-corrected chi connectivity index (χ0v) is 12.4. The van der Waals surface area contributed by atoms with Crippen molar-refractivity contribution in [3.63, 3.8) is 0 Å². The van der Waals surface area contributed by atoms with Crippen molar-refractivity contribution in [1.82, 2.24) is 0 Å². The molecule has 0 heterocycles. The first-order chi connectivity index (χ1) is 11.0. The quantitative estimate of drug-likeness (QED) is 0.652. The normalized spacial score (nSPS) is 11.6. The lowest BCUT2D eigenvalue weighted by Gasteiger charge is -2.11. The van der Waals surface area contributed by atoms with Gasteiger partial charge in [0, 0.05) is 5.69 Å². The van der Waals surface area contributed by atoms with Gasteiger partial charge in [-0.3, -0.25) is 0 Å². The predicted octanol–water partition coefficient (Wildman–Crippen LogP) is 3.66. The molecule has 0 bridgehead atoms. The molecule has 4 nitrogen and oxygen atoms in total. The van der Waals surface area contributed by atoms with Crippen LogP contribution in [-0.4, -0.2) is 12.6 Å². The molecule has 0 aliphatic heterocycles. The Bertz CT molecular complexity index is 705. The molecule has 0 radical (unpaired) electrons. The van der Waals surface area contributed by atoms with Crippen molar-refractivity contribution >= 4 is 11.6 Å². The van der Waals surface area contributed by atoms with Crippen LogP contribution in [0.25, 0.3) is 0 Å². The zero-order valence-electron chi connectivity index (χ0n) is 12.4. The van der Waals surface area contributed by atoms with Crippen molar-refractivity contribution < 1.29 is 17.9 Å². The largest absolute Gasteiger partial charge is 0.434 e. The number of halogens is 3. The minimum absolute atomic E-state index is 0.0434. The Hall–Kier alpha value is -2.70. The molecule has 0 aliphatic rings. The number of aryl methyl sites for hydroxylation is 1. The molecule has 0 aromatic heterocycles. The topological polar surface area (TPSA) is 59.6 Å². The summed E-state index contributed by atoms with van der Waals surface area (Å²) in [7, 11) is 0. The van der Waals surface area contributed by atoms with Gasteiger partial charge in [0.2, 0.25) is 0 Å². The van der Waals surface area contributed by atoms with Crippen molar-refractivity contribution in [3.8, 4) is 5.75 Å². The molecule has 23 heavy (non-hydrogen) atoms. The van der Waals surface area contributed by atoms with E-state index in [9.17, 15) is 13.2 Å². The van der Waals surface area contributed by atoms with Gasteiger partial charge in [-0.2, -0.15) is 8.78 Å². The summed E-state index contributed by atoms with van der Waals surface area (Å²) in [5.41, 5.74) is 7.41. The molecule has 2 aromatic carbocycles. The van der Waals surface area contributed by atoms with Gasteiger partial charge < -0.3 is 15.8 Å². The Balaban J connectivity index is 2.12. The predicted molar refractivity (Wildman–Crippen MR) is 83.2 cm³/mol. The Morgan fingerprint density at radius 2 is 2.00 bits per heavy atom. The molecule has 3 N–H and O–H groups in total. The smallest absolute Gasteiger partial charge is 0.387 e. The van der Waals surface area contributed by atoms with Gasteiger partial charge in [0.1, 0.15) is 11.6 Å². The maximum Gasteiger partial charge on any atom is 0.387 e. The van der Waals surface area contributed by atoms with Gasteiger partial charge in [0.15, 0.2) is 5.96 Å². The number of anilines is 1. The third-order valence-electron chi connectivity index (χ3n) is 2.99. The summed E-state index contributed by atoms with van der Waals surface area (Å²) < 4.78 is 42.7. The highest BCUT2D eigenvalue weighted by Gasteiger charge is 2.13. The number of rotatable bonds is 5. The number of hydrogen-bond donors (Lipinski definition) is 2. The molecule has 0 fully saturated rings. The zero-order chi connectivity index (χ0) is 16.8. The lowest BCUT2D eigenvalue weighted by Crippen LogP contribution is -2.22. The lowest BCUT2D eigenvalue weighted by molar-refractivity contribution is -0.0506. The minimum Gasteiger partial charge on any atom is -0.434 e. The van der Waals surface area contributed by atoms with E-state index in [1.165, 1.54) is 12.1 Å². The molecule has 7 heteroatoms. The Kier molecular flexibility index (Phi) is 5.46. The van der Waals surface area contributed by atoms with Crippen molar-refractivity contribution in [2.75, 3.05) is 5.32 Å². The number of nitrogens with one attached hydrogen (secondary N) is 1. The first-order valence-electron chi connectivity index (χ1n) is 6.81. The Labute approximate surface area is 131 Å². The van der Waals surface area contributed by atoms with E-state index >= 15 is 0 Å². The summed E-state index contributed by atoms with van der Waals surface area (Å²) >= 11 is 0. The Morgan fingerprint density at radius 3 is 2.70 bits per heavy atom. The Morgan fingerprint density at radius 1 is 1.26 bits per heavy atom. The second-order valence-electron chi connectivity index (χ2n) is 4.79. The van der Waals surface area contributed by atoms with Crippen LogP contribution in [0.1, 0.15) is 11.1 Å². The average Bonchev–Trinajstić information content (AvgIpc) is 2.46. The number of ether oxygens (including phenoxy) is 1. The number of aliphatic imine (C=N–C) groups is 1. The minimum atomic E-state index is -3.04. The molecule has 0 aliphatic carbocycles. The van der Waals surface area contributed by atoms with Crippen LogP contribution in [0.2, 0.25) is 0 Å². The molecule has 0 saturated carbocycles. The fourth-order valence-electron chi connectivity index (χ4n) is 1.97. The van der Waals surface area contributed by atoms with Crippen LogP contribution < -0.4 is 15.8 Å². The number of alkyl halides is 2. The number of nitrogens with two attached hydrogens (primary N) is 1. The molecule has 2 aromatic rings. The van der Waals surface area contributed by atoms with Gasteiger partial charge >= 0.3 is 6.61 Å². The van der Waals surface area contributed by atoms with E-state index in [-0.39, 0.29) is 23.8 Å². The van der Waals surface area contributed by atoms with Crippen LogP contribution in [0.4, 0.5) is 18.9 Å². The van der Waals surface area contributed by atoms with Crippen molar-refractivity contribution in [3.05, 3.63) is 59.4 Å². The molecule has 122 valence electrons. The molecule has 2 rings (SSSR count). The van der Waals surface area contributed by atoms with Crippen LogP contribution in [0, 0.1) is 12.7 Å². The second-order valence-corrected chi connectivity index (χ2v) is 4.79. The highest BCUT2D eigenvalue weighted by molar-refractivity contribution is 5.92. The summed E-state index contributed by atoms with van der Waals surface area (Å²) in [6.07, 6.45) is 0. The summed E-state index contributed by atoms with van der Waals surface area (Å²) in [5.74, 6) is -0.899. The number of hydrogen-bond acceptors (Lipinski definition) is 2. The van der Waals surface area contributed by atoms with Crippen LogP contribution in [0.3, 0.4) is 0 Å². The van der Waals surface area contributed by atoms with Crippen LogP contribution in [0.5, 0.6) is 5.75 Å². The molecule has 0 unspecified atom stereocenters. The van der Waals surface area contributed by atoms with Gasteiger partial charge in [0.25, 0.3) is 0 Å². The van der Waals surface area contributed by atoms with E-state index in [2.05, 4.69) is 15.0 Å². The van der Waals surface area contributed by atoms with E-state index in [1.807, 2.05) is 25.1 Å². The number of guanidine groups is 1. The molecular weight excluding hydrogens is 307 g/mol. The lowest BCUT2D eigenvalue weighted by atomic mass is 10.2. The first kappa shape index (κ1) is 16.7. The summed E-state index contributed by atoms with van der Waals surface area (Å²) in [4.78, 5) is 3.97. The van der Waals surface area contributed by atoms with Crippen molar-refractivity contribution in [2.45, 2.75) is 20.1 Å². The monoisotopic (exact) mass is 323 g/mol. The summed E-state index contributed by atoms with van der Waals surface area (Å²) in [6, 6.07) is 11.1. The summed E-state index contributed by atoms with van der Waals surface area (Å²) in [6.45, 7) is -1.34. The fourth-order valence-corrected chi connectivity index (χ4v) is 1.97. The van der Waals surface area contributed by atoms with Gasteiger partial charge in [0.05, 0.1) is 12.1 Å². The van der Waals surface area contributed by atoms with Crippen LogP contribution in [0.15, 0.2) is 47.5 Å². The highest BCUT2D eigenvalue weighted by atomic mass is 19.3. The molecular formula is C16H16F3N3O. The maximum atomic E-state index is 13.8. The fraction of sp³-hybridized carbons (Fsp3) is 0.188. The van der Waals surface area contributed by atoms with Gasteiger partial charge in [-0.25, -0.2) is 9.38 Å². The molecule has 0 spiro atoms. The van der Waals surface area contributed by atoms with Gasteiger partial charge in [-0.15, -0.1) is 0 Å². The van der Waals surface area contributed by atoms with E-state index < -0.39 is 12.4 Å². The van der Waals surface area contributed by atoms with E-state index in [0.717, 1.165) is 17.3 Å². The highest BCUT2D eigenvalue weighted by Crippen LogP contribution is 2.24. The third kappa shape index (κ3) is 4.91. The van der Waals surface area contributed by atoms with E-state index in [1.54, 1.807) is 6.07 Å². The standard InChI is InChI=1S/C16H16F3N3O/c1-10-4-2-5-11(8-10)22-16(20)21-9-12-13(17)6-3-7-14(12)23-15(18)19/h2-8,15H,9H2,1H3,(H3,20,21,22). The van der Waals surface area contributed by atoms with Crippen molar-refractivity contribution in [1.29, 1.82) is 0 Å². The molecule has 0 atom stereocenters. The number of nitrogens with zero attached hydrogens (tertiary/aromatic N) is 1. The summed E-state index contributed by atoms with van der Waals surface area (Å²) in [5, 5.41) is 2.85.